The molecule has 0 unspecified atom stereocenters. The standard InChI is InChI=1S/C12H21N5O2/c1-17-9-15-16-11(17)4-7-14-12(18)8-19-10-2-5-13-6-3-10/h9-10,13H,2-8H2,1H3,(H,14,18). The normalized spacial score (nSPS) is 16.5. The average Bonchev–Trinajstić information content (AvgIpc) is 2.83. The van der Waals surface area contributed by atoms with Gasteiger partial charge in [-0.25, -0.2) is 0 Å². The molecule has 106 valence electrons. The number of aryl methyl sites for hydroxylation is 1. The Balaban J connectivity index is 1.58. The number of carbonyl (C=O) groups is 1. The number of nitrogens with zero attached hydrogens (tertiary/aromatic N) is 3. The molecule has 0 aromatic carbocycles. The van der Waals surface area contributed by atoms with Crippen LogP contribution in [0.25, 0.3) is 0 Å². The Labute approximate surface area is 112 Å². The summed E-state index contributed by atoms with van der Waals surface area (Å²) in [5, 5.41) is 13.8. The van der Waals surface area contributed by atoms with Gasteiger partial charge in [-0.2, -0.15) is 0 Å². The van der Waals surface area contributed by atoms with Gasteiger partial charge in [-0.3, -0.25) is 4.79 Å². The van der Waals surface area contributed by atoms with E-state index < -0.39 is 0 Å². The van der Waals surface area contributed by atoms with E-state index in [4.69, 9.17) is 4.74 Å². The number of nitrogens with one attached hydrogen (secondary N) is 2. The smallest absolute Gasteiger partial charge is 0.246 e. The molecule has 1 aliphatic rings. The number of hydrogen-bond acceptors (Lipinski definition) is 5. The Morgan fingerprint density at radius 1 is 1.58 bits per heavy atom. The lowest BCUT2D eigenvalue weighted by Crippen LogP contribution is -2.36. The van der Waals surface area contributed by atoms with Gasteiger partial charge in [-0.15, -0.1) is 10.2 Å². The van der Waals surface area contributed by atoms with Crippen molar-refractivity contribution in [2.75, 3.05) is 26.2 Å². The summed E-state index contributed by atoms with van der Waals surface area (Å²) in [7, 11) is 1.89. The molecule has 0 spiro atoms. The lowest BCUT2D eigenvalue weighted by atomic mass is 10.1. The third kappa shape index (κ3) is 4.60. The van der Waals surface area contributed by atoms with Crippen molar-refractivity contribution in [1.82, 2.24) is 25.4 Å². The van der Waals surface area contributed by atoms with Crippen molar-refractivity contribution in [1.29, 1.82) is 0 Å². The second-order valence-electron chi connectivity index (χ2n) is 4.72. The van der Waals surface area contributed by atoms with Crippen molar-refractivity contribution in [3.05, 3.63) is 12.2 Å². The highest BCUT2D eigenvalue weighted by molar-refractivity contribution is 5.77. The van der Waals surface area contributed by atoms with Gasteiger partial charge in [-0.1, -0.05) is 0 Å². The summed E-state index contributed by atoms with van der Waals surface area (Å²) in [4.78, 5) is 11.6. The summed E-state index contributed by atoms with van der Waals surface area (Å²) >= 11 is 0. The summed E-state index contributed by atoms with van der Waals surface area (Å²) in [6, 6.07) is 0. The molecule has 1 aromatic heterocycles. The summed E-state index contributed by atoms with van der Waals surface area (Å²) in [5.41, 5.74) is 0. The third-order valence-corrected chi connectivity index (χ3v) is 3.21. The molecule has 1 aliphatic heterocycles. The molecule has 7 heteroatoms. The van der Waals surface area contributed by atoms with Crippen LogP contribution >= 0.6 is 0 Å². The van der Waals surface area contributed by atoms with Crippen molar-refractivity contribution < 1.29 is 9.53 Å². The maximum atomic E-state index is 11.6. The molecule has 0 atom stereocenters. The van der Waals surface area contributed by atoms with Gasteiger partial charge in [0.05, 0.1) is 6.10 Å². The Morgan fingerprint density at radius 2 is 2.37 bits per heavy atom. The van der Waals surface area contributed by atoms with E-state index in [2.05, 4.69) is 20.8 Å². The second kappa shape index (κ2) is 7.20. The molecule has 1 amide bonds. The van der Waals surface area contributed by atoms with Crippen LogP contribution < -0.4 is 10.6 Å². The highest BCUT2D eigenvalue weighted by Crippen LogP contribution is 2.06. The zero-order valence-electron chi connectivity index (χ0n) is 11.3. The minimum absolute atomic E-state index is 0.0688. The van der Waals surface area contributed by atoms with Gasteiger partial charge in [0.25, 0.3) is 0 Å². The topological polar surface area (TPSA) is 81.1 Å². The molecule has 2 heterocycles. The molecule has 0 saturated carbocycles. The van der Waals surface area contributed by atoms with E-state index in [-0.39, 0.29) is 18.6 Å². The fourth-order valence-electron chi connectivity index (χ4n) is 2.05. The molecule has 0 radical (unpaired) electrons. The van der Waals surface area contributed by atoms with E-state index in [1.807, 2.05) is 11.6 Å². The monoisotopic (exact) mass is 267 g/mol. The quantitative estimate of drug-likeness (QED) is 0.708. The first-order valence-electron chi connectivity index (χ1n) is 6.67. The Kier molecular flexibility index (Phi) is 5.29. The predicted molar refractivity (Wildman–Crippen MR) is 69.6 cm³/mol. The molecule has 0 aliphatic carbocycles. The van der Waals surface area contributed by atoms with Gasteiger partial charge in [0.2, 0.25) is 5.91 Å². The van der Waals surface area contributed by atoms with E-state index in [0.29, 0.717) is 13.0 Å². The van der Waals surface area contributed by atoms with Gasteiger partial charge >= 0.3 is 0 Å². The van der Waals surface area contributed by atoms with Crippen LogP contribution in [0.5, 0.6) is 0 Å². The van der Waals surface area contributed by atoms with Crippen LogP contribution in [0.3, 0.4) is 0 Å². The van der Waals surface area contributed by atoms with Crippen molar-refractivity contribution in [2.45, 2.75) is 25.4 Å². The summed E-state index contributed by atoms with van der Waals surface area (Å²) in [5.74, 6) is 0.792. The van der Waals surface area contributed by atoms with E-state index in [0.717, 1.165) is 31.8 Å². The molecule has 1 saturated heterocycles. The molecule has 0 bridgehead atoms. The number of ether oxygens (including phenoxy) is 1. The minimum Gasteiger partial charge on any atom is -0.368 e. The lowest BCUT2D eigenvalue weighted by molar-refractivity contribution is -0.128. The average molecular weight is 267 g/mol. The first-order valence-corrected chi connectivity index (χ1v) is 6.67. The lowest BCUT2D eigenvalue weighted by Gasteiger charge is -2.22. The van der Waals surface area contributed by atoms with Crippen LogP contribution in [0, 0.1) is 0 Å². The van der Waals surface area contributed by atoms with Gasteiger partial charge in [0, 0.05) is 20.0 Å². The van der Waals surface area contributed by atoms with Crippen LogP contribution in [-0.2, 0) is 23.0 Å². The van der Waals surface area contributed by atoms with Gasteiger partial charge in [0.15, 0.2) is 0 Å². The maximum absolute atomic E-state index is 11.6. The second-order valence-corrected chi connectivity index (χ2v) is 4.72. The van der Waals surface area contributed by atoms with Gasteiger partial charge in [-0.05, 0) is 25.9 Å². The zero-order valence-corrected chi connectivity index (χ0v) is 11.3. The Hall–Kier alpha value is -1.47. The number of amides is 1. The highest BCUT2D eigenvalue weighted by Gasteiger charge is 2.14. The summed E-state index contributed by atoms with van der Waals surface area (Å²) in [6.45, 7) is 2.64. The van der Waals surface area contributed by atoms with Crippen molar-refractivity contribution in [3.63, 3.8) is 0 Å². The molecular formula is C12H21N5O2. The Morgan fingerprint density at radius 3 is 3.05 bits per heavy atom. The van der Waals surface area contributed by atoms with E-state index in [1.165, 1.54) is 0 Å². The fourth-order valence-corrected chi connectivity index (χ4v) is 2.05. The third-order valence-electron chi connectivity index (χ3n) is 3.21. The van der Waals surface area contributed by atoms with Crippen LogP contribution in [0.2, 0.25) is 0 Å². The molecule has 1 fully saturated rings. The van der Waals surface area contributed by atoms with E-state index in [9.17, 15) is 4.79 Å². The highest BCUT2D eigenvalue weighted by atomic mass is 16.5. The number of aromatic nitrogens is 3. The van der Waals surface area contributed by atoms with Crippen molar-refractivity contribution >= 4 is 5.91 Å². The van der Waals surface area contributed by atoms with Crippen LogP contribution in [0.1, 0.15) is 18.7 Å². The van der Waals surface area contributed by atoms with E-state index >= 15 is 0 Å². The molecule has 19 heavy (non-hydrogen) atoms. The van der Waals surface area contributed by atoms with Crippen LogP contribution in [0.4, 0.5) is 0 Å². The minimum atomic E-state index is -0.0688. The van der Waals surface area contributed by atoms with Crippen molar-refractivity contribution in [3.8, 4) is 0 Å². The number of carbonyl (C=O) groups excluding carboxylic acids is 1. The molecule has 2 rings (SSSR count). The first kappa shape index (κ1) is 14.0. The largest absolute Gasteiger partial charge is 0.368 e. The predicted octanol–water partition coefficient (Wildman–Crippen LogP) is -0.758. The van der Waals surface area contributed by atoms with E-state index in [1.54, 1.807) is 6.33 Å². The van der Waals surface area contributed by atoms with Crippen LogP contribution in [0.15, 0.2) is 6.33 Å². The maximum Gasteiger partial charge on any atom is 0.246 e. The SMILES string of the molecule is Cn1cnnc1CCNC(=O)COC1CCNCC1. The molecular weight excluding hydrogens is 246 g/mol. The molecule has 2 N–H and O–H groups in total. The van der Waals surface area contributed by atoms with Crippen LogP contribution in [-0.4, -0.2) is 53.0 Å². The fraction of sp³-hybridized carbons (Fsp3) is 0.750. The first-order chi connectivity index (χ1) is 9.25. The van der Waals surface area contributed by atoms with Gasteiger partial charge < -0.3 is 19.9 Å². The zero-order chi connectivity index (χ0) is 13.5. The number of piperidine rings is 1. The van der Waals surface area contributed by atoms with Gasteiger partial charge in [0.1, 0.15) is 18.8 Å². The number of rotatable bonds is 6. The molecule has 7 nitrogen and oxygen atoms in total. The van der Waals surface area contributed by atoms with Crippen molar-refractivity contribution in [2.24, 2.45) is 7.05 Å². The summed E-state index contributed by atoms with van der Waals surface area (Å²) in [6.07, 6.45) is 4.50. The number of hydrogen-bond donors (Lipinski definition) is 2. The molecule has 1 aromatic rings. The summed E-state index contributed by atoms with van der Waals surface area (Å²) < 4.78 is 7.42. The Bertz CT molecular complexity index is 401.